The minimum atomic E-state index is -0.880. The molecule has 0 N–H and O–H groups in total. The summed E-state index contributed by atoms with van der Waals surface area (Å²) in [5.41, 5.74) is 9.13. The second kappa shape index (κ2) is 10.6. The lowest BCUT2D eigenvalue weighted by molar-refractivity contribution is 0.162. The van der Waals surface area contributed by atoms with Gasteiger partial charge in [0.1, 0.15) is 23.0 Å². The summed E-state index contributed by atoms with van der Waals surface area (Å²) in [5.74, 6) is 5.33. The van der Waals surface area contributed by atoms with Crippen molar-refractivity contribution in [2.45, 2.75) is 42.5 Å². The smallest absolute Gasteiger partial charge is 0.178 e. The van der Waals surface area contributed by atoms with Crippen molar-refractivity contribution in [1.82, 2.24) is 0 Å². The zero-order valence-corrected chi connectivity index (χ0v) is 27.9. The van der Waals surface area contributed by atoms with Gasteiger partial charge in [0.05, 0.1) is 21.3 Å². The van der Waals surface area contributed by atoms with Gasteiger partial charge in [0, 0.05) is 38.8 Å². The second-order valence-corrected chi connectivity index (χ2v) is 13.9. The van der Waals surface area contributed by atoms with E-state index in [-0.39, 0.29) is 5.41 Å². The number of ether oxygens (including phenoxy) is 4. The number of hydrogen-bond acceptors (Lipinski definition) is 5. The molecule has 47 heavy (non-hydrogen) atoms. The molecule has 3 unspecified atom stereocenters. The highest BCUT2D eigenvalue weighted by Crippen LogP contribution is 2.69. The molecule has 0 radical (unpaired) electrons. The van der Waals surface area contributed by atoms with Crippen LogP contribution in [0.5, 0.6) is 23.0 Å². The Balaban J connectivity index is 1.38. The molecule has 4 aliphatic rings. The minimum absolute atomic E-state index is 0.0118. The van der Waals surface area contributed by atoms with Crippen LogP contribution in [-0.2, 0) is 16.8 Å². The molecule has 9 rings (SSSR count). The number of methoxy groups -OCH3 is 3. The van der Waals surface area contributed by atoms with Crippen molar-refractivity contribution in [2.24, 2.45) is 11.8 Å². The maximum Gasteiger partial charge on any atom is 0.178 e. The SMILES string of the molecule is COc1ccc(C2(c3ccc(OC)cc3)C=Cc3c4c(c5cc(CS)c(OC)cc5c3O2)-c2ccccc2C42CC3CCC2C3)cc1. The Morgan fingerprint density at radius 3 is 2.11 bits per heavy atom. The zero-order valence-electron chi connectivity index (χ0n) is 27.0. The van der Waals surface area contributed by atoms with Gasteiger partial charge in [0.25, 0.3) is 0 Å². The zero-order chi connectivity index (χ0) is 31.9. The molecule has 0 amide bonds. The third kappa shape index (κ3) is 3.90. The Labute approximate surface area is 281 Å². The van der Waals surface area contributed by atoms with Crippen LogP contribution in [0.25, 0.3) is 28.0 Å². The quantitative estimate of drug-likeness (QED) is 0.188. The number of thiol groups is 1. The molecule has 4 nitrogen and oxygen atoms in total. The summed E-state index contributed by atoms with van der Waals surface area (Å²) in [6, 6.07) is 30.2. The van der Waals surface area contributed by atoms with E-state index in [0.29, 0.717) is 11.7 Å². The third-order valence-corrected chi connectivity index (χ3v) is 12.0. The average molecular weight is 639 g/mol. The van der Waals surface area contributed by atoms with E-state index in [2.05, 4.69) is 72.8 Å². The average Bonchev–Trinajstić information content (AvgIpc) is 3.83. The lowest BCUT2D eigenvalue weighted by Gasteiger charge is -2.41. The van der Waals surface area contributed by atoms with Crippen LogP contribution in [0.15, 0.2) is 91.0 Å². The van der Waals surface area contributed by atoms with Crippen LogP contribution in [-0.4, -0.2) is 21.3 Å². The summed E-state index contributed by atoms with van der Waals surface area (Å²) in [6.45, 7) is 0. The van der Waals surface area contributed by atoms with E-state index in [4.69, 9.17) is 31.6 Å². The van der Waals surface area contributed by atoms with E-state index < -0.39 is 5.60 Å². The molecular weight excluding hydrogens is 601 g/mol. The molecule has 2 fully saturated rings. The van der Waals surface area contributed by atoms with Crippen molar-refractivity contribution in [1.29, 1.82) is 0 Å². The molecule has 3 aliphatic carbocycles. The minimum Gasteiger partial charge on any atom is -0.497 e. The standard InChI is InChI=1S/C42H38O4S/c1-43-30-14-10-27(11-15-30)42(28-12-16-31(44-2)17-13-28)19-18-33-39-38(34-21-26(24-47)37(45-3)22-35(34)40(33)46-42)32-6-4-5-7-36(32)41(39)23-25-8-9-29(41)20-25/h4-7,10-19,21-22,25,29,47H,8-9,20,23-24H2,1-3H3. The normalized spacial score (nSPS) is 22.6. The van der Waals surface area contributed by atoms with E-state index in [1.54, 1.807) is 21.3 Å². The number of benzene rings is 5. The highest BCUT2D eigenvalue weighted by Gasteiger charge is 2.58. The van der Waals surface area contributed by atoms with Gasteiger partial charge >= 0.3 is 0 Å². The van der Waals surface area contributed by atoms with Crippen molar-refractivity contribution in [3.63, 3.8) is 0 Å². The fourth-order valence-corrected chi connectivity index (χ4v) is 9.86. The molecule has 0 saturated heterocycles. The van der Waals surface area contributed by atoms with Crippen LogP contribution in [0.1, 0.15) is 59.1 Å². The van der Waals surface area contributed by atoms with Crippen LogP contribution >= 0.6 is 12.6 Å². The maximum absolute atomic E-state index is 7.59. The van der Waals surface area contributed by atoms with Gasteiger partial charge in [-0.25, -0.2) is 0 Å². The van der Waals surface area contributed by atoms with Crippen molar-refractivity contribution >= 4 is 29.5 Å². The number of hydrogen-bond donors (Lipinski definition) is 1. The van der Waals surface area contributed by atoms with Gasteiger partial charge in [0.2, 0.25) is 0 Å². The molecule has 0 aromatic heterocycles. The third-order valence-electron chi connectivity index (χ3n) is 11.6. The molecule has 1 aliphatic heterocycles. The van der Waals surface area contributed by atoms with Gasteiger partial charge in [0.15, 0.2) is 5.60 Å². The predicted molar refractivity (Wildman–Crippen MR) is 191 cm³/mol. The Morgan fingerprint density at radius 2 is 1.51 bits per heavy atom. The van der Waals surface area contributed by atoms with Crippen LogP contribution < -0.4 is 18.9 Å². The molecule has 2 bridgehead atoms. The molecular formula is C42H38O4S. The highest BCUT2D eigenvalue weighted by atomic mass is 32.1. The Hall–Kier alpha value is -4.35. The summed E-state index contributed by atoms with van der Waals surface area (Å²) in [7, 11) is 5.14. The number of fused-ring (bicyclic) bond motifs is 13. The summed E-state index contributed by atoms with van der Waals surface area (Å²) in [6.07, 6.45) is 9.76. The van der Waals surface area contributed by atoms with Gasteiger partial charge in [-0.15, -0.1) is 0 Å². The van der Waals surface area contributed by atoms with Gasteiger partial charge in [-0.2, -0.15) is 12.6 Å². The highest BCUT2D eigenvalue weighted by molar-refractivity contribution is 7.79. The van der Waals surface area contributed by atoms with Gasteiger partial charge in [-0.1, -0.05) is 61.0 Å². The van der Waals surface area contributed by atoms with Crippen LogP contribution in [0.4, 0.5) is 0 Å². The van der Waals surface area contributed by atoms with E-state index in [1.807, 2.05) is 24.3 Å². The van der Waals surface area contributed by atoms with E-state index in [9.17, 15) is 0 Å². The van der Waals surface area contributed by atoms with Crippen LogP contribution in [0.3, 0.4) is 0 Å². The van der Waals surface area contributed by atoms with Crippen LogP contribution in [0.2, 0.25) is 0 Å². The van der Waals surface area contributed by atoms with Crippen LogP contribution in [0, 0.1) is 11.8 Å². The monoisotopic (exact) mass is 638 g/mol. The van der Waals surface area contributed by atoms with E-state index in [1.165, 1.54) is 58.9 Å². The molecule has 3 atom stereocenters. The van der Waals surface area contributed by atoms with Gasteiger partial charge < -0.3 is 18.9 Å². The Morgan fingerprint density at radius 1 is 0.809 bits per heavy atom. The first kappa shape index (κ1) is 28.8. The lowest BCUT2D eigenvalue weighted by atomic mass is 9.65. The molecule has 5 aromatic carbocycles. The summed E-state index contributed by atoms with van der Waals surface area (Å²) >= 11 is 4.75. The topological polar surface area (TPSA) is 36.9 Å². The largest absolute Gasteiger partial charge is 0.497 e. The molecule has 1 heterocycles. The first-order valence-electron chi connectivity index (χ1n) is 16.6. The van der Waals surface area contributed by atoms with E-state index in [0.717, 1.165) is 51.0 Å². The summed E-state index contributed by atoms with van der Waals surface area (Å²) in [5, 5.41) is 2.27. The van der Waals surface area contributed by atoms with Gasteiger partial charge in [-0.3, -0.25) is 0 Å². The molecule has 236 valence electrons. The van der Waals surface area contributed by atoms with Gasteiger partial charge in [-0.05, 0) is 101 Å². The molecule has 2 saturated carbocycles. The molecule has 1 spiro atoms. The second-order valence-electron chi connectivity index (χ2n) is 13.6. The lowest BCUT2D eigenvalue weighted by Crippen LogP contribution is -2.36. The Kier molecular flexibility index (Phi) is 6.49. The van der Waals surface area contributed by atoms with Crippen molar-refractivity contribution in [3.05, 3.63) is 124 Å². The summed E-state index contributed by atoms with van der Waals surface area (Å²) < 4.78 is 24.7. The first-order chi connectivity index (χ1) is 23.0. The Bertz CT molecular complexity index is 2030. The van der Waals surface area contributed by atoms with Crippen molar-refractivity contribution in [3.8, 4) is 34.1 Å². The molecule has 5 heteroatoms. The fraction of sp³-hybridized carbons (Fsp3) is 0.286. The van der Waals surface area contributed by atoms with Crippen molar-refractivity contribution < 1.29 is 18.9 Å². The predicted octanol–water partition coefficient (Wildman–Crippen LogP) is 9.73. The maximum atomic E-state index is 7.59. The fourth-order valence-electron chi connectivity index (χ4n) is 9.61. The number of rotatable bonds is 6. The summed E-state index contributed by atoms with van der Waals surface area (Å²) in [4.78, 5) is 0. The van der Waals surface area contributed by atoms with E-state index >= 15 is 0 Å². The molecule has 5 aromatic rings. The van der Waals surface area contributed by atoms with Crippen molar-refractivity contribution in [2.75, 3.05) is 21.3 Å². The first-order valence-corrected chi connectivity index (χ1v) is 17.3.